The normalized spacial score (nSPS) is 9.46. The predicted octanol–water partition coefficient (Wildman–Crippen LogP) is 0.808. The van der Waals surface area contributed by atoms with Gasteiger partial charge in [-0.1, -0.05) is 0 Å². The molecule has 0 aromatic rings. The van der Waals surface area contributed by atoms with Gasteiger partial charge in [-0.25, -0.2) is 0 Å². The van der Waals surface area contributed by atoms with Gasteiger partial charge < -0.3 is 9.64 Å². The van der Waals surface area contributed by atoms with Gasteiger partial charge in [0.1, 0.15) is 6.42 Å². The number of hydrogen-bond donors (Lipinski definition) is 0. The summed E-state index contributed by atoms with van der Waals surface area (Å²) in [6.07, 6.45) is -0.143. The van der Waals surface area contributed by atoms with Crippen LogP contribution in [0, 0.1) is 0 Å². The molecule has 0 saturated heterocycles. The molecule has 13 heavy (non-hydrogen) atoms. The monoisotopic (exact) mass is 187 g/mol. The van der Waals surface area contributed by atoms with Crippen molar-refractivity contribution in [2.75, 3.05) is 19.7 Å². The molecule has 4 heteroatoms. The summed E-state index contributed by atoms with van der Waals surface area (Å²) >= 11 is 0. The van der Waals surface area contributed by atoms with Crippen molar-refractivity contribution in [2.45, 2.75) is 27.2 Å². The number of carbonyl (C=O) groups excluding carboxylic acids is 2. The van der Waals surface area contributed by atoms with Gasteiger partial charge in [-0.2, -0.15) is 0 Å². The summed E-state index contributed by atoms with van der Waals surface area (Å²) in [5, 5.41) is 0. The van der Waals surface area contributed by atoms with Crippen LogP contribution in [-0.4, -0.2) is 36.5 Å². The van der Waals surface area contributed by atoms with Gasteiger partial charge in [0.05, 0.1) is 6.61 Å². The first-order valence-corrected chi connectivity index (χ1v) is 4.59. The van der Waals surface area contributed by atoms with E-state index in [4.69, 9.17) is 0 Å². The third-order valence-electron chi connectivity index (χ3n) is 1.72. The largest absolute Gasteiger partial charge is 0.466 e. The van der Waals surface area contributed by atoms with E-state index in [0.29, 0.717) is 19.7 Å². The smallest absolute Gasteiger partial charge is 0.315 e. The maximum absolute atomic E-state index is 11.3. The molecule has 0 aromatic heterocycles. The highest BCUT2D eigenvalue weighted by Gasteiger charge is 2.14. The lowest BCUT2D eigenvalue weighted by Gasteiger charge is -2.17. The standard InChI is InChI=1S/C9H17NO3/c1-4-10(5-2)8(11)7-9(12)13-6-3/h4-7H2,1-3H3. The molecule has 1 amide bonds. The Morgan fingerprint density at radius 2 is 1.69 bits per heavy atom. The molecule has 0 aliphatic carbocycles. The second kappa shape index (κ2) is 6.46. The number of nitrogens with zero attached hydrogens (tertiary/aromatic N) is 1. The number of carbonyl (C=O) groups is 2. The van der Waals surface area contributed by atoms with E-state index < -0.39 is 5.97 Å². The van der Waals surface area contributed by atoms with E-state index in [0.717, 1.165) is 0 Å². The fraction of sp³-hybridized carbons (Fsp3) is 0.778. The molecule has 0 rings (SSSR count). The van der Waals surface area contributed by atoms with E-state index in [-0.39, 0.29) is 12.3 Å². The molecule has 4 nitrogen and oxygen atoms in total. The molecule has 0 N–H and O–H groups in total. The van der Waals surface area contributed by atoms with Crippen LogP contribution in [0.5, 0.6) is 0 Å². The fourth-order valence-corrected chi connectivity index (χ4v) is 1.02. The predicted molar refractivity (Wildman–Crippen MR) is 49.2 cm³/mol. The molecule has 0 aliphatic rings. The van der Waals surface area contributed by atoms with Crippen molar-refractivity contribution in [1.29, 1.82) is 0 Å². The average Bonchev–Trinajstić information content (AvgIpc) is 2.06. The van der Waals surface area contributed by atoms with E-state index in [1.807, 2.05) is 13.8 Å². The number of hydrogen-bond acceptors (Lipinski definition) is 3. The molecule has 0 atom stereocenters. The zero-order valence-electron chi connectivity index (χ0n) is 8.50. The van der Waals surface area contributed by atoms with Crippen molar-refractivity contribution in [3.63, 3.8) is 0 Å². The van der Waals surface area contributed by atoms with Gasteiger partial charge in [0.2, 0.25) is 5.91 Å². The van der Waals surface area contributed by atoms with Crippen molar-refractivity contribution in [3.8, 4) is 0 Å². The van der Waals surface area contributed by atoms with Gasteiger partial charge in [0.15, 0.2) is 0 Å². The van der Waals surface area contributed by atoms with Gasteiger partial charge in [0, 0.05) is 13.1 Å². The van der Waals surface area contributed by atoms with Crippen molar-refractivity contribution in [2.24, 2.45) is 0 Å². The van der Waals surface area contributed by atoms with Gasteiger partial charge in [-0.3, -0.25) is 9.59 Å². The molecule has 0 aliphatic heterocycles. The Hall–Kier alpha value is -1.06. The van der Waals surface area contributed by atoms with Gasteiger partial charge in [0.25, 0.3) is 0 Å². The molecule has 0 radical (unpaired) electrons. The molecule has 0 unspecified atom stereocenters. The SMILES string of the molecule is CCOC(=O)CC(=O)N(CC)CC. The molecule has 0 spiro atoms. The van der Waals surface area contributed by atoms with E-state index in [2.05, 4.69) is 4.74 Å². The molecule has 0 bridgehead atoms. The van der Waals surface area contributed by atoms with Crippen LogP contribution in [0.2, 0.25) is 0 Å². The highest BCUT2D eigenvalue weighted by atomic mass is 16.5. The topological polar surface area (TPSA) is 46.6 Å². The minimum absolute atomic E-state index is 0.143. The maximum atomic E-state index is 11.3. The lowest BCUT2D eigenvalue weighted by molar-refractivity contribution is -0.148. The summed E-state index contributed by atoms with van der Waals surface area (Å²) in [6, 6.07) is 0. The number of rotatable bonds is 5. The molecule has 76 valence electrons. The minimum Gasteiger partial charge on any atom is -0.466 e. The summed E-state index contributed by atoms with van der Waals surface area (Å²) in [5.41, 5.74) is 0. The van der Waals surface area contributed by atoms with E-state index in [1.165, 1.54) is 0 Å². The van der Waals surface area contributed by atoms with Crippen LogP contribution in [-0.2, 0) is 14.3 Å². The number of esters is 1. The Bertz CT molecular complexity index is 176. The molecule has 0 aromatic carbocycles. The summed E-state index contributed by atoms with van der Waals surface area (Å²) in [4.78, 5) is 23.8. The molecule has 0 fully saturated rings. The van der Waals surface area contributed by atoms with Crippen LogP contribution < -0.4 is 0 Å². The van der Waals surface area contributed by atoms with Crippen molar-refractivity contribution < 1.29 is 14.3 Å². The van der Waals surface area contributed by atoms with Crippen LogP contribution >= 0.6 is 0 Å². The number of ether oxygens (including phenoxy) is 1. The van der Waals surface area contributed by atoms with Crippen molar-refractivity contribution in [3.05, 3.63) is 0 Å². The summed E-state index contributed by atoms with van der Waals surface area (Å²) in [5.74, 6) is -0.608. The first-order valence-electron chi connectivity index (χ1n) is 4.59. The van der Waals surface area contributed by atoms with Crippen LogP contribution in [0.1, 0.15) is 27.2 Å². The molecular formula is C9H17NO3. The summed E-state index contributed by atoms with van der Waals surface area (Å²) < 4.78 is 4.67. The molecular weight excluding hydrogens is 170 g/mol. The van der Waals surface area contributed by atoms with Crippen LogP contribution in [0.4, 0.5) is 0 Å². The molecule has 0 heterocycles. The maximum Gasteiger partial charge on any atom is 0.315 e. The van der Waals surface area contributed by atoms with E-state index >= 15 is 0 Å². The Morgan fingerprint density at radius 3 is 2.08 bits per heavy atom. The van der Waals surface area contributed by atoms with Crippen molar-refractivity contribution in [1.82, 2.24) is 4.90 Å². The highest BCUT2D eigenvalue weighted by Crippen LogP contribution is 1.95. The molecule has 0 saturated carbocycles. The quantitative estimate of drug-likeness (QED) is 0.472. The second-order valence-corrected chi connectivity index (χ2v) is 2.55. The Balaban J connectivity index is 3.90. The van der Waals surface area contributed by atoms with Gasteiger partial charge >= 0.3 is 5.97 Å². The van der Waals surface area contributed by atoms with Gasteiger partial charge in [-0.05, 0) is 20.8 Å². The lowest BCUT2D eigenvalue weighted by Crippen LogP contribution is -2.32. The zero-order chi connectivity index (χ0) is 10.3. The summed E-state index contributed by atoms with van der Waals surface area (Å²) in [6.45, 7) is 7.08. The minimum atomic E-state index is -0.445. The van der Waals surface area contributed by atoms with Gasteiger partial charge in [-0.15, -0.1) is 0 Å². The fourth-order valence-electron chi connectivity index (χ4n) is 1.02. The highest BCUT2D eigenvalue weighted by molar-refractivity contribution is 5.94. The van der Waals surface area contributed by atoms with E-state index in [1.54, 1.807) is 11.8 Å². The zero-order valence-corrected chi connectivity index (χ0v) is 8.50. The average molecular weight is 187 g/mol. The van der Waals surface area contributed by atoms with E-state index in [9.17, 15) is 9.59 Å². The summed E-state index contributed by atoms with van der Waals surface area (Å²) in [7, 11) is 0. The Labute approximate surface area is 78.9 Å². The van der Waals surface area contributed by atoms with Crippen molar-refractivity contribution >= 4 is 11.9 Å². The van der Waals surface area contributed by atoms with Crippen LogP contribution in [0.15, 0.2) is 0 Å². The third-order valence-corrected chi connectivity index (χ3v) is 1.72. The second-order valence-electron chi connectivity index (χ2n) is 2.55. The number of amides is 1. The van der Waals surface area contributed by atoms with Crippen LogP contribution in [0.25, 0.3) is 0 Å². The lowest BCUT2D eigenvalue weighted by atomic mass is 10.3. The third kappa shape index (κ3) is 4.50. The van der Waals surface area contributed by atoms with Crippen LogP contribution in [0.3, 0.4) is 0 Å². The first-order chi connectivity index (χ1) is 6.15. The first kappa shape index (κ1) is 11.9. The Kier molecular flexibility index (Phi) is 5.93. The Morgan fingerprint density at radius 1 is 1.15 bits per heavy atom.